The van der Waals surface area contributed by atoms with E-state index in [9.17, 15) is 9.59 Å². The fourth-order valence-electron chi connectivity index (χ4n) is 1.81. The molecule has 1 fully saturated rings. The summed E-state index contributed by atoms with van der Waals surface area (Å²) in [6, 6.07) is 6.01. The van der Waals surface area contributed by atoms with Crippen molar-refractivity contribution in [3.8, 4) is 0 Å². The van der Waals surface area contributed by atoms with Crippen LogP contribution in [0.3, 0.4) is 0 Å². The monoisotopic (exact) mass is 277 g/mol. The molecule has 108 valence electrons. The summed E-state index contributed by atoms with van der Waals surface area (Å²) in [6.07, 6.45) is 3.31. The zero-order chi connectivity index (χ0) is 14.4. The lowest BCUT2D eigenvalue weighted by atomic mass is 10.1. The SMILES string of the molecule is O=C(O)c1cccc(C(=O)NCCCOCC2CC2)c1. The van der Waals surface area contributed by atoms with Crippen LogP contribution in [-0.4, -0.2) is 36.7 Å². The average molecular weight is 277 g/mol. The Balaban J connectivity index is 1.68. The normalized spacial score (nSPS) is 14.0. The molecule has 0 radical (unpaired) electrons. The molecule has 20 heavy (non-hydrogen) atoms. The van der Waals surface area contributed by atoms with Crippen LogP contribution < -0.4 is 5.32 Å². The van der Waals surface area contributed by atoms with Gasteiger partial charge in [-0.05, 0) is 43.4 Å². The second-order valence-electron chi connectivity index (χ2n) is 5.01. The summed E-state index contributed by atoms with van der Waals surface area (Å²) < 4.78 is 5.47. The number of nitrogens with one attached hydrogen (secondary N) is 1. The Morgan fingerprint density at radius 3 is 2.75 bits per heavy atom. The van der Waals surface area contributed by atoms with Crippen LogP contribution in [0.2, 0.25) is 0 Å². The van der Waals surface area contributed by atoms with E-state index in [4.69, 9.17) is 9.84 Å². The zero-order valence-electron chi connectivity index (χ0n) is 11.3. The van der Waals surface area contributed by atoms with Crippen LogP contribution in [0, 0.1) is 5.92 Å². The lowest BCUT2D eigenvalue weighted by Gasteiger charge is -2.06. The van der Waals surface area contributed by atoms with Crippen molar-refractivity contribution in [2.75, 3.05) is 19.8 Å². The third-order valence-corrected chi connectivity index (χ3v) is 3.17. The lowest BCUT2D eigenvalue weighted by Crippen LogP contribution is -2.25. The Morgan fingerprint density at radius 2 is 2.05 bits per heavy atom. The van der Waals surface area contributed by atoms with Gasteiger partial charge in [0.15, 0.2) is 0 Å². The number of rotatable bonds is 8. The number of carbonyl (C=O) groups excluding carboxylic acids is 1. The standard InChI is InChI=1S/C15H19NO4/c17-14(12-3-1-4-13(9-12)15(18)19)16-7-2-8-20-10-11-5-6-11/h1,3-4,9,11H,2,5-8,10H2,(H,16,17)(H,18,19). The summed E-state index contributed by atoms with van der Waals surface area (Å²) in [5.74, 6) is -0.535. The van der Waals surface area contributed by atoms with Crippen molar-refractivity contribution in [3.05, 3.63) is 35.4 Å². The van der Waals surface area contributed by atoms with E-state index in [0.717, 1.165) is 18.9 Å². The Kier molecular flexibility index (Phi) is 5.12. The van der Waals surface area contributed by atoms with Crippen molar-refractivity contribution < 1.29 is 19.4 Å². The van der Waals surface area contributed by atoms with Gasteiger partial charge in [-0.15, -0.1) is 0 Å². The number of aromatic carboxylic acids is 1. The van der Waals surface area contributed by atoms with Crippen molar-refractivity contribution in [2.45, 2.75) is 19.3 Å². The largest absolute Gasteiger partial charge is 0.478 e. The Labute approximate surface area is 117 Å². The highest BCUT2D eigenvalue weighted by Gasteiger charge is 2.20. The molecule has 0 bridgehead atoms. The van der Waals surface area contributed by atoms with Gasteiger partial charge in [0.2, 0.25) is 0 Å². The highest BCUT2D eigenvalue weighted by Crippen LogP contribution is 2.28. The van der Waals surface area contributed by atoms with Gasteiger partial charge in [-0.1, -0.05) is 6.07 Å². The van der Waals surface area contributed by atoms with Crippen molar-refractivity contribution in [3.63, 3.8) is 0 Å². The van der Waals surface area contributed by atoms with Crippen LogP contribution in [0.1, 0.15) is 40.0 Å². The molecule has 1 amide bonds. The van der Waals surface area contributed by atoms with Gasteiger partial charge in [-0.2, -0.15) is 0 Å². The Morgan fingerprint density at radius 1 is 1.30 bits per heavy atom. The minimum Gasteiger partial charge on any atom is -0.478 e. The van der Waals surface area contributed by atoms with Gasteiger partial charge in [0.25, 0.3) is 5.91 Å². The quantitative estimate of drug-likeness (QED) is 0.712. The number of amides is 1. The van der Waals surface area contributed by atoms with E-state index in [-0.39, 0.29) is 11.5 Å². The number of hydrogen-bond acceptors (Lipinski definition) is 3. The minimum atomic E-state index is -1.03. The van der Waals surface area contributed by atoms with Crippen LogP contribution in [0.5, 0.6) is 0 Å². The van der Waals surface area contributed by atoms with Crippen LogP contribution in [-0.2, 0) is 4.74 Å². The second-order valence-corrected chi connectivity index (χ2v) is 5.01. The predicted octanol–water partition coefficient (Wildman–Crippen LogP) is 1.93. The summed E-state index contributed by atoms with van der Waals surface area (Å²) in [4.78, 5) is 22.6. The molecule has 1 saturated carbocycles. The molecule has 0 spiro atoms. The van der Waals surface area contributed by atoms with Crippen LogP contribution in [0.4, 0.5) is 0 Å². The van der Waals surface area contributed by atoms with Gasteiger partial charge < -0.3 is 15.2 Å². The van der Waals surface area contributed by atoms with Gasteiger partial charge in [0.1, 0.15) is 0 Å². The smallest absolute Gasteiger partial charge is 0.335 e. The molecule has 0 saturated heterocycles. The van der Waals surface area contributed by atoms with Gasteiger partial charge >= 0.3 is 5.97 Å². The highest BCUT2D eigenvalue weighted by molar-refractivity contribution is 5.97. The molecule has 0 aliphatic heterocycles. The maximum atomic E-state index is 11.8. The zero-order valence-corrected chi connectivity index (χ0v) is 11.3. The van der Waals surface area contributed by atoms with E-state index in [2.05, 4.69) is 5.32 Å². The first-order valence-corrected chi connectivity index (χ1v) is 6.86. The van der Waals surface area contributed by atoms with Crippen LogP contribution in [0.25, 0.3) is 0 Å². The molecular weight excluding hydrogens is 258 g/mol. The molecule has 2 N–H and O–H groups in total. The van der Waals surface area contributed by atoms with E-state index >= 15 is 0 Å². The predicted molar refractivity (Wildman–Crippen MR) is 73.9 cm³/mol. The highest BCUT2D eigenvalue weighted by atomic mass is 16.5. The van der Waals surface area contributed by atoms with Gasteiger partial charge in [0.05, 0.1) is 5.56 Å². The molecule has 1 aromatic rings. The Hall–Kier alpha value is -1.88. The molecule has 1 aromatic carbocycles. The summed E-state index contributed by atoms with van der Waals surface area (Å²) in [5, 5.41) is 11.6. The number of carboxylic acid groups (broad SMARTS) is 1. The summed E-state index contributed by atoms with van der Waals surface area (Å²) in [6.45, 7) is 2.00. The lowest BCUT2D eigenvalue weighted by molar-refractivity contribution is 0.0697. The number of benzene rings is 1. The third kappa shape index (κ3) is 4.66. The van der Waals surface area contributed by atoms with Crippen molar-refractivity contribution in [2.24, 2.45) is 5.92 Å². The summed E-state index contributed by atoms with van der Waals surface area (Å²) in [7, 11) is 0. The van der Waals surface area contributed by atoms with Crippen molar-refractivity contribution >= 4 is 11.9 Å². The van der Waals surface area contributed by atoms with E-state index in [1.54, 1.807) is 12.1 Å². The topological polar surface area (TPSA) is 75.6 Å². The maximum absolute atomic E-state index is 11.8. The molecule has 2 rings (SSSR count). The van der Waals surface area contributed by atoms with Gasteiger partial charge in [-0.25, -0.2) is 4.79 Å². The molecule has 5 heteroatoms. The van der Waals surface area contributed by atoms with Gasteiger partial charge in [-0.3, -0.25) is 4.79 Å². The average Bonchev–Trinajstić information content (AvgIpc) is 3.26. The van der Waals surface area contributed by atoms with Crippen LogP contribution >= 0.6 is 0 Å². The number of hydrogen-bond donors (Lipinski definition) is 2. The minimum absolute atomic E-state index is 0.116. The molecule has 0 atom stereocenters. The number of carboxylic acids is 1. The first-order chi connectivity index (χ1) is 9.66. The van der Waals surface area contributed by atoms with E-state index in [0.29, 0.717) is 18.7 Å². The van der Waals surface area contributed by atoms with Gasteiger partial charge in [0, 0.05) is 25.3 Å². The van der Waals surface area contributed by atoms with E-state index in [1.807, 2.05) is 0 Å². The summed E-state index contributed by atoms with van der Waals surface area (Å²) >= 11 is 0. The van der Waals surface area contributed by atoms with Crippen LogP contribution in [0.15, 0.2) is 24.3 Å². The molecular formula is C15H19NO4. The van der Waals surface area contributed by atoms with E-state index < -0.39 is 5.97 Å². The maximum Gasteiger partial charge on any atom is 0.335 e. The molecule has 1 aliphatic rings. The molecule has 0 aromatic heterocycles. The van der Waals surface area contributed by atoms with Crippen molar-refractivity contribution in [1.82, 2.24) is 5.32 Å². The molecule has 0 unspecified atom stereocenters. The number of ether oxygens (including phenoxy) is 1. The summed E-state index contributed by atoms with van der Waals surface area (Å²) in [5.41, 5.74) is 0.481. The molecule has 5 nitrogen and oxygen atoms in total. The fraction of sp³-hybridized carbons (Fsp3) is 0.467. The number of carbonyl (C=O) groups is 2. The molecule has 1 aliphatic carbocycles. The fourth-order valence-corrected chi connectivity index (χ4v) is 1.81. The molecule has 0 heterocycles. The second kappa shape index (κ2) is 7.05. The van der Waals surface area contributed by atoms with E-state index in [1.165, 1.54) is 25.0 Å². The first kappa shape index (κ1) is 14.5. The third-order valence-electron chi connectivity index (χ3n) is 3.17. The Bertz CT molecular complexity index is 483. The first-order valence-electron chi connectivity index (χ1n) is 6.86. The van der Waals surface area contributed by atoms with Crippen molar-refractivity contribution in [1.29, 1.82) is 0 Å².